The number of ketones is 1. The molecule has 1 atom stereocenters. The van der Waals surface area contributed by atoms with Crippen LogP contribution in [0.25, 0.3) is 0 Å². The van der Waals surface area contributed by atoms with E-state index in [1.807, 2.05) is 13.8 Å². The van der Waals surface area contributed by atoms with Crippen molar-refractivity contribution < 1.29 is 14.3 Å². The molecule has 0 bridgehead atoms. The SMILES string of the molecule is CC[C@@H](C)C(=O)c1ccc2c(c1)OC=CO2. The number of rotatable bonds is 3. The van der Waals surface area contributed by atoms with Crippen LogP contribution in [0.2, 0.25) is 0 Å². The molecule has 0 aromatic heterocycles. The second-order valence-electron chi connectivity index (χ2n) is 3.84. The molecule has 0 saturated carbocycles. The van der Waals surface area contributed by atoms with Gasteiger partial charge in [0.15, 0.2) is 17.3 Å². The van der Waals surface area contributed by atoms with Gasteiger partial charge in [-0.15, -0.1) is 0 Å². The van der Waals surface area contributed by atoms with Crippen LogP contribution in [0, 0.1) is 5.92 Å². The second kappa shape index (κ2) is 4.39. The maximum Gasteiger partial charge on any atom is 0.169 e. The standard InChI is InChI=1S/C13H14O3/c1-3-9(2)13(14)10-4-5-11-12(8-10)16-7-6-15-11/h4-9H,3H2,1-2H3/t9-/m1/s1. The lowest BCUT2D eigenvalue weighted by atomic mass is 9.97. The van der Waals surface area contributed by atoms with Crippen LogP contribution in [0.4, 0.5) is 0 Å². The summed E-state index contributed by atoms with van der Waals surface area (Å²) in [6, 6.07) is 5.26. The highest BCUT2D eigenvalue weighted by Gasteiger charge is 2.16. The van der Waals surface area contributed by atoms with Crippen LogP contribution in [0.1, 0.15) is 30.6 Å². The first-order chi connectivity index (χ1) is 7.72. The summed E-state index contributed by atoms with van der Waals surface area (Å²) >= 11 is 0. The van der Waals surface area contributed by atoms with Crippen molar-refractivity contribution in [2.24, 2.45) is 5.92 Å². The average Bonchev–Trinajstić information content (AvgIpc) is 2.36. The lowest BCUT2D eigenvalue weighted by Crippen LogP contribution is -2.10. The Hall–Kier alpha value is -1.77. The van der Waals surface area contributed by atoms with E-state index in [4.69, 9.17) is 9.47 Å². The third-order valence-electron chi connectivity index (χ3n) is 2.73. The van der Waals surface area contributed by atoms with Gasteiger partial charge in [0.2, 0.25) is 0 Å². The van der Waals surface area contributed by atoms with Gasteiger partial charge < -0.3 is 9.47 Å². The summed E-state index contributed by atoms with van der Waals surface area (Å²) in [7, 11) is 0. The van der Waals surface area contributed by atoms with Crippen molar-refractivity contribution in [3.63, 3.8) is 0 Å². The third kappa shape index (κ3) is 1.94. The van der Waals surface area contributed by atoms with Crippen molar-refractivity contribution in [1.29, 1.82) is 0 Å². The molecule has 3 nitrogen and oxygen atoms in total. The minimum Gasteiger partial charge on any atom is -0.458 e. The fraction of sp³-hybridized carbons (Fsp3) is 0.308. The molecule has 0 radical (unpaired) electrons. The van der Waals surface area contributed by atoms with Crippen LogP contribution in [-0.4, -0.2) is 5.78 Å². The molecular formula is C13H14O3. The molecule has 0 N–H and O–H groups in total. The third-order valence-corrected chi connectivity index (χ3v) is 2.73. The fourth-order valence-electron chi connectivity index (χ4n) is 1.52. The number of fused-ring (bicyclic) bond motifs is 1. The highest BCUT2D eigenvalue weighted by atomic mass is 16.5. The Morgan fingerprint density at radius 3 is 2.62 bits per heavy atom. The Bertz CT molecular complexity index is 435. The first-order valence-electron chi connectivity index (χ1n) is 5.39. The molecule has 84 valence electrons. The summed E-state index contributed by atoms with van der Waals surface area (Å²) in [4.78, 5) is 11.9. The van der Waals surface area contributed by atoms with Crippen LogP contribution in [0.15, 0.2) is 30.7 Å². The quantitative estimate of drug-likeness (QED) is 0.731. The summed E-state index contributed by atoms with van der Waals surface area (Å²) in [5.74, 6) is 1.42. The van der Waals surface area contributed by atoms with Gasteiger partial charge in [0.25, 0.3) is 0 Å². The van der Waals surface area contributed by atoms with Crippen LogP contribution < -0.4 is 9.47 Å². The fourth-order valence-corrected chi connectivity index (χ4v) is 1.52. The van der Waals surface area contributed by atoms with Gasteiger partial charge in [0.05, 0.1) is 0 Å². The molecule has 1 aromatic carbocycles. The van der Waals surface area contributed by atoms with E-state index in [-0.39, 0.29) is 11.7 Å². The first kappa shape index (κ1) is 10.7. The topological polar surface area (TPSA) is 35.5 Å². The van der Waals surface area contributed by atoms with E-state index in [2.05, 4.69) is 0 Å². The van der Waals surface area contributed by atoms with Gasteiger partial charge in [0.1, 0.15) is 12.5 Å². The predicted octanol–water partition coefficient (Wildman–Crippen LogP) is 3.16. The highest BCUT2D eigenvalue weighted by Crippen LogP contribution is 2.31. The molecule has 1 aromatic rings. The second-order valence-corrected chi connectivity index (χ2v) is 3.84. The molecule has 0 unspecified atom stereocenters. The van der Waals surface area contributed by atoms with E-state index in [1.54, 1.807) is 18.2 Å². The van der Waals surface area contributed by atoms with E-state index >= 15 is 0 Å². The van der Waals surface area contributed by atoms with Crippen LogP contribution >= 0.6 is 0 Å². The van der Waals surface area contributed by atoms with Gasteiger partial charge in [-0.2, -0.15) is 0 Å². The molecule has 0 spiro atoms. The van der Waals surface area contributed by atoms with E-state index < -0.39 is 0 Å². The maximum atomic E-state index is 11.9. The van der Waals surface area contributed by atoms with Crippen molar-refractivity contribution in [1.82, 2.24) is 0 Å². The molecular weight excluding hydrogens is 204 g/mol. The van der Waals surface area contributed by atoms with Crippen molar-refractivity contribution in [3.05, 3.63) is 36.3 Å². The van der Waals surface area contributed by atoms with E-state index in [0.29, 0.717) is 17.1 Å². The zero-order valence-corrected chi connectivity index (χ0v) is 9.40. The van der Waals surface area contributed by atoms with Crippen molar-refractivity contribution >= 4 is 5.78 Å². The number of ether oxygens (including phenoxy) is 2. The molecule has 16 heavy (non-hydrogen) atoms. The number of Topliss-reactive ketones (excluding diaryl/α,β-unsaturated/α-hetero) is 1. The molecule has 0 aliphatic carbocycles. The minimum atomic E-state index is 0.0399. The summed E-state index contributed by atoms with van der Waals surface area (Å²) in [5, 5.41) is 0. The molecule has 1 aliphatic heterocycles. The molecule has 3 heteroatoms. The molecule has 1 heterocycles. The van der Waals surface area contributed by atoms with Gasteiger partial charge in [-0.25, -0.2) is 0 Å². The molecule has 2 rings (SSSR count). The number of hydrogen-bond donors (Lipinski definition) is 0. The van der Waals surface area contributed by atoms with Gasteiger partial charge >= 0.3 is 0 Å². The first-order valence-corrected chi connectivity index (χ1v) is 5.39. The molecule has 0 amide bonds. The minimum absolute atomic E-state index is 0.0399. The summed E-state index contributed by atoms with van der Waals surface area (Å²) in [6.07, 6.45) is 3.77. The van der Waals surface area contributed by atoms with Gasteiger partial charge in [-0.3, -0.25) is 4.79 Å². The van der Waals surface area contributed by atoms with Gasteiger partial charge in [0, 0.05) is 11.5 Å². The Morgan fingerprint density at radius 2 is 1.94 bits per heavy atom. The molecule has 0 fully saturated rings. The number of hydrogen-bond acceptors (Lipinski definition) is 3. The number of carbonyl (C=O) groups excluding carboxylic acids is 1. The smallest absolute Gasteiger partial charge is 0.169 e. The summed E-state index contributed by atoms with van der Waals surface area (Å²) in [6.45, 7) is 3.93. The summed E-state index contributed by atoms with van der Waals surface area (Å²) in [5.41, 5.74) is 0.673. The van der Waals surface area contributed by atoms with Crippen LogP contribution in [0.5, 0.6) is 11.5 Å². The van der Waals surface area contributed by atoms with E-state index in [0.717, 1.165) is 6.42 Å². The maximum absolute atomic E-state index is 11.9. The zero-order chi connectivity index (χ0) is 11.5. The lowest BCUT2D eigenvalue weighted by Gasteiger charge is -2.14. The molecule has 1 aliphatic rings. The van der Waals surface area contributed by atoms with Crippen LogP contribution in [-0.2, 0) is 0 Å². The van der Waals surface area contributed by atoms with Crippen molar-refractivity contribution in [2.75, 3.05) is 0 Å². The number of benzene rings is 1. The zero-order valence-electron chi connectivity index (χ0n) is 9.40. The summed E-state index contributed by atoms with van der Waals surface area (Å²) < 4.78 is 10.5. The van der Waals surface area contributed by atoms with Gasteiger partial charge in [-0.05, 0) is 24.6 Å². The number of carbonyl (C=O) groups is 1. The largest absolute Gasteiger partial charge is 0.458 e. The van der Waals surface area contributed by atoms with Crippen LogP contribution in [0.3, 0.4) is 0 Å². The monoisotopic (exact) mass is 218 g/mol. The lowest BCUT2D eigenvalue weighted by molar-refractivity contribution is 0.0927. The predicted molar refractivity (Wildman–Crippen MR) is 60.6 cm³/mol. The van der Waals surface area contributed by atoms with Crippen molar-refractivity contribution in [3.8, 4) is 11.5 Å². The van der Waals surface area contributed by atoms with Crippen molar-refractivity contribution in [2.45, 2.75) is 20.3 Å². The average molecular weight is 218 g/mol. The van der Waals surface area contributed by atoms with Gasteiger partial charge in [-0.1, -0.05) is 13.8 Å². The Labute approximate surface area is 94.7 Å². The Kier molecular flexibility index (Phi) is 2.95. The molecule has 0 saturated heterocycles. The Balaban J connectivity index is 2.28. The highest BCUT2D eigenvalue weighted by molar-refractivity contribution is 5.98. The Morgan fingerprint density at radius 1 is 1.25 bits per heavy atom. The normalized spacial score (nSPS) is 14.6. The van der Waals surface area contributed by atoms with E-state index in [1.165, 1.54) is 12.5 Å². The van der Waals surface area contributed by atoms with E-state index in [9.17, 15) is 4.79 Å².